The van der Waals surface area contributed by atoms with E-state index < -0.39 is 0 Å². The Labute approximate surface area is 126 Å². The molecule has 0 saturated heterocycles. The summed E-state index contributed by atoms with van der Waals surface area (Å²) in [6, 6.07) is 4.17. The molecule has 2 N–H and O–H groups in total. The highest BCUT2D eigenvalue weighted by Gasteiger charge is 1.97. The molecule has 0 aliphatic heterocycles. The third kappa shape index (κ3) is 8.17. The third-order valence-corrected chi connectivity index (χ3v) is 3.58. The van der Waals surface area contributed by atoms with Gasteiger partial charge in [0.15, 0.2) is 5.96 Å². The maximum Gasteiger partial charge on any atom is 0.191 e. The van der Waals surface area contributed by atoms with Crippen LogP contribution in [0.3, 0.4) is 0 Å². The molecule has 114 valence electrons. The van der Waals surface area contributed by atoms with Crippen molar-refractivity contribution >= 4 is 17.3 Å². The van der Waals surface area contributed by atoms with E-state index in [-0.39, 0.29) is 0 Å². The molecule has 1 aromatic rings. The maximum absolute atomic E-state index is 5.54. The largest absolute Gasteiger partial charge is 0.381 e. The summed E-state index contributed by atoms with van der Waals surface area (Å²) in [5.41, 5.74) is 0. The second-order valence-electron chi connectivity index (χ2n) is 4.52. The van der Waals surface area contributed by atoms with Crippen molar-refractivity contribution in [2.45, 2.75) is 39.7 Å². The van der Waals surface area contributed by atoms with Crippen LogP contribution in [0.4, 0.5) is 0 Å². The van der Waals surface area contributed by atoms with Crippen molar-refractivity contribution in [1.82, 2.24) is 10.6 Å². The number of rotatable bonds is 10. The number of hydrogen-bond donors (Lipinski definition) is 2. The first-order chi connectivity index (χ1) is 9.86. The first kappa shape index (κ1) is 17.0. The molecule has 0 bridgehead atoms. The van der Waals surface area contributed by atoms with E-state index in [1.54, 1.807) is 11.3 Å². The van der Waals surface area contributed by atoms with E-state index in [0.29, 0.717) is 0 Å². The highest BCUT2D eigenvalue weighted by molar-refractivity contribution is 7.09. The van der Waals surface area contributed by atoms with Crippen LogP contribution in [0.1, 0.15) is 38.0 Å². The molecular formula is C15H27N3OS. The number of aliphatic imine (C=N–C) groups is 1. The van der Waals surface area contributed by atoms with Gasteiger partial charge in [0, 0.05) is 31.2 Å². The van der Waals surface area contributed by atoms with Gasteiger partial charge in [-0.15, -0.1) is 11.3 Å². The Bertz CT molecular complexity index is 352. The minimum Gasteiger partial charge on any atom is -0.381 e. The molecule has 0 radical (unpaired) electrons. The number of thiophene rings is 1. The first-order valence-electron chi connectivity index (χ1n) is 7.49. The van der Waals surface area contributed by atoms with Gasteiger partial charge in [0.05, 0.1) is 6.54 Å². The first-order valence-corrected chi connectivity index (χ1v) is 8.37. The molecule has 0 saturated carbocycles. The Morgan fingerprint density at radius 3 is 2.80 bits per heavy atom. The third-order valence-electron chi connectivity index (χ3n) is 2.72. The number of guanidine groups is 1. The highest BCUT2D eigenvalue weighted by Crippen LogP contribution is 2.09. The van der Waals surface area contributed by atoms with Gasteiger partial charge in [-0.3, -0.25) is 0 Å². The van der Waals surface area contributed by atoms with Gasteiger partial charge in [-0.25, -0.2) is 4.99 Å². The number of nitrogens with one attached hydrogen (secondary N) is 2. The molecule has 4 nitrogen and oxygen atoms in total. The van der Waals surface area contributed by atoms with Gasteiger partial charge in [0.25, 0.3) is 0 Å². The van der Waals surface area contributed by atoms with Crippen molar-refractivity contribution in [3.8, 4) is 0 Å². The molecular weight excluding hydrogens is 270 g/mol. The van der Waals surface area contributed by atoms with Crippen LogP contribution in [0.5, 0.6) is 0 Å². The van der Waals surface area contributed by atoms with Crippen LogP contribution in [-0.2, 0) is 11.3 Å². The monoisotopic (exact) mass is 297 g/mol. The Morgan fingerprint density at radius 1 is 1.25 bits per heavy atom. The topological polar surface area (TPSA) is 45.6 Å². The molecule has 0 spiro atoms. The summed E-state index contributed by atoms with van der Waals surface area (Å²) in [5, 5.41) is 8.68. The quantitative estimate of drug-likeness (QED) is 0.396. The Hall–Kier alpha value is -1.07. The minimum atomic E-state index is 0.736. The zero-order chi connectivity index (χ0) is 14.5. The number of nitrogens with zero attached hydrogens (tertiary/aromatic N) is 1. The number of ether oxygens (including phenoxy) is 1. The number of unbranched alkanes of at least 4 members (excludes halogenated alkanes) is 1. The molecule has 0 amide bonds. The maximum atomic E-state index is 5.54. The average molecular weight is 297 g/mol. The SMILES string of the molecule is CCCCOCCCNC(=NCc1cccs1)NCC. The van der Waals surface area contributed by atoms with Gasteiger partial charge >= 0.3 is 0 Å². The lowest BCUT2D eigenvalue weighted by Gasteiger charge is -2.11. The van der Waals surface area contributed by atoms with Crippen LogP contribution in [0.25, 0.3) is 0 Å². The normalized spacial score (nSPS) is 11.6. The summed E-state index contributed by atoms with van der Waals surface area (Å²) in [6.07, 6.45) is 3.35. The molecule has 0 aromatic carbocycles. The van der Waals surface area contributed by atoms with Crippen molar-refractivity contribution in [2.24, 2.45) is 4.99 Å². The molecule has 1 heterocycles. The molecule has 0 aliphatic carbocycles. The van der Waals surface area contributed by atoms with E-state index in [1.165, 1.54) is 11.3 Å². The van der Waals surface area contributed by atoms with Crippen LogP contribution in [0.2, 0.25) is 0 Å². The smallest absolute Gasteiger partial charge is 0.191 e. The van der Waals surface area contributed by atoms with Gasteiger partial charge in [0.2, 0.25) is 0 Å². The lowest BCUT2D eigenvalue weighted by molar-refractivity contribution is 0.129. The Balaban J connectivity index is 2.16. The zero-order valence-electron chi connectivity index (χ0n) is 12.7. The predicted octanol–water partition coefficient (Wildman–Crippen LogP) is 3.01. The predicted molar refractivity (Wildman–Crippen MR) is 87.5 cm³/mol. The lowest BCUT2D eigenvalue weighted by atomic mass is 10.4. The van der Waals surface area contributed by atoms with Gasteiger partial charge in [-0.05, 0) is 31.2 Å². The fraction of sp³-hybridized carbons (Fsp3) is 0.667. The molecule has 1 aromatic heterocycles. The van der Waals surface area contributed by atoms with Crippen molar-refractivity contribution in [2.75, 3.05) is 26.3 Å². The fourth-order valence-electron chi connectivity index (χ4n) is 1.63. The van der Waals surface area contributed by atoms with Crippen LogP contribution in [-0.4, -0.2) is 32.3 Å². The van der Waals surface area contributed by atoms with E-state index in [4.69, 9.17) is 4.74 Å². The van der Waals surface area contributed by atoms with E-state index >= 15 is 0 Å². The van der Waals surface area contributed by atoms with Gasteiger partial charge in [0.1, 0.15) is 0 Å². The van der Waals surface area contributed by atoms with E-state index in [1.807, 2.05) is 0 Å². The standard InChI is InChI=1S/C15H27N3OS/c1-3-5-10-19-11-7-9-17-15(16-4-2)18-13-14-8-6-12-20-14/h6,8,12H,3-5,7,9-11,13H2,1-2H3,(H2,16,17,18). The van der Waals surface area contributed by atoms with Crippen LogP contribution >= 0.6 is 11.3 Å². The minimum absolute atomic E-state index is 0.736. The van der Waals surface area contributed by atoms with E-state index in [2.05, 4.69) is 47.0 Å². The van der Waals surface area contributed by atoms with Gasteiger partial charge in [-0.2, -0.15) is 0 Å². The van der Waals surface area contributed by atoms with Gasteiger partial charge in [-0.1, -0.05) is 19.4 Å². The highest BCUT2D eigenvalue weighted by atomic mass is 32.1. The summed E-state index contributed by atoms with van der Waals surface area (Å²) < 4.78 is 5.54. The fourth-order valence-corrected chi connectivity index (χ4v) is 2.26. The molecule has 20 heavy (non-hydrogen) atoms. The summed E-state index contributed by atoms with van der Waals surface area (Å²) in [7, 11) is 0. The Kier molecular flexibility index (Phi) is 9.96. The Morgan fingerprint density at radius 2 is 2.10 bits per heavy atom. The van der Waals surface area contributed by atoms with Crippen molar-refractivity contribution in [3.63, 3.8) is 0 Å². The summed E-state index contributed by atoms with van der Waals surface area (Å²) in [4.78, 5) is 5.85. The molecule has 0 fully saturated rings. The summed E-state index contributed by atoms with van der Waals surface area (Å²) >= 11 is 1.74. The van der Waals surface area contributed by atoms with Crippen molar-refractivity contribution in [3.05, 3.63) is 22.4 Å². The average Bonchev–Trinajstić information content (AvgIpc) is 2.97. The molecule has 1 rings (SSSR count). The molecule has 0 unspecified atom stereocenters. The van der Waals surface area contributed by atoms with Crippen LogP contribution in [0, 0.1) is 0 Å². The van der Waals surface area contributed by atoms with E-state index in [0.717, 1.165) is 51.6 Å². The summed E-state index contributed by atoms with van der Waals surface area (Å²) in [5.74, 6) is 0.884. The molecule has 5 heteroatoms. The second kappa shape index (κ2) is 11.7. The van der Waals surface area contributed by atoms with Gasteiger partial charge < -0.3 is 15.4 Å². The van der Waals surface area contributed by atoms with Crippen LogP contribution in [0.15, 0.2) is 22.5 Å². The second-order valence-corrected chi connectivity index (χ2v) is 5.55. The van der Waals surface area contributed by atoms with Crippen LogP contribution < -0.4 is 10.6 Å². The van der Waals surface area contributed by atoms with Crippen molar-refractivity contribution in [1.29, 1.82) is 0 Å². The van der Waals surface area contributed by atoms with E-state index in [9.17, 15) is 0 Å². The molecule has 0 aliphatic rings. The summed E-state index contributed by atoms with van der Waals surface area (Å²) in [6.45, 7) is 8.46. The molecule has 0 atom stereocenters. The lowest BCUT2D eigenvalue weighted by Crippen LogP contribution is -2.38. The number of hydrogen-bond acceptors (Lipinski definition) is 3. The van der Waals surface area contributed by atoms with Crippen molar-refractivity contribution < 1.29 is 4.74 Å². The zero-order valence-corrected chi connectivity index (χ0v) is 13.5.